The van der Waals surface area contributed by atoms with Crippen LogP contribution < -0.4 is 19.7 Å². The number of imide groups is 1. The molecule has 2 amide bonds. The lowest BCUT2D eigenvalue weighted by atomic mass is 9.78. The number of benzene rings is 3. The summed E-state index contributed by atoms with van der Waals surface area (Å²) in [5, 5.41) is 22.9. The highest BCUT2D eigenvalue weighted by atomic mass is 16.5. The predicted octanol–water partition coefficient (Wildman–Crippen LogP) is 4.62. The van der Waals surface area contributed by atoms with Crippen molar-refractivity contribution in [3.05, 3.63) is 113 Å². The Balaban J connectivity index is 0.958. The van der Waals surface area contributed by atoms with Gasteiger partial charge in [-0.2, -0.15) is 0 Å². The smallest absolute Gasteiger partial charge is 0.262 e. The van der Waals surface area contributed by atoms with Crippen LogP contribution in [0.25, 0.3) is 0 Å². The van der Waals surface area contributed by atoms with E-state index in [0.717, 1.165) is 46.9 Å². The summed E-state index contributed by atoms with van der Waals surface area (Å²) in [6.45, 7) is 7.28. The van der Waals surface area contributed by atoms with Gasteiger partial charge in [-0.05, 0) is 85.3 Å². The summed E-state index contributed by atoms with van der Waals surface area (Å²) >= 11 is 0. The maximum Gasteiger partial charge on any atom is 0.262 e. The van der Waals surface area contributed by atoms with Crippen LogP contribution in [0, 0.1) is 0 Å². The summed E-state index contributed by atoms with van der Waals surface area (Å²) in [6.07, 6.45) is 2.06. The van der Waals surface area contributed by atoms with Crippen LogP contribution in [0.15, 0.2) is 79.0 Å². The molecule has 2 fully saturated rings. The van der Waals surface area contributed by atoms with Gasteiger partial charge in [-0.25, -0.2) is 9.97 Å². The van der Waals surface area contributed by atoms with Crippen LogP contribution in [0.2, 0.25) is 0 Å². The standard InChI is InChI=1S/C40H43N5O7/c1-24(46)36-41-19-18-27(42-36)22-51-30-11-6-25(7-12-30)40(2,3)26-8-13-31(14-9-26)52-23-29-5-4-20-44(29)28-10-15-32-33(21-28)39(50)45(38(32)49)34-16-17-35(47)43-37(34)48/h6-15,18-19,21,29,34-35,37,43,47-48H,4-5,16-17,20,22-23H2,1-3H3/t29-,34?,35?,37?/m0/s1. The second-order valence-electron chi connectivity index (χ2n) is 14.2. The van der Waals surface area contributed by atoms with E-state index in [2.05, 4.69) is 58.3 Å². The lowest BCUT2D eigenvalue weighted by Crippen LogP contribution is -2.58. The van der Waals surface area contributed by atoms with Crippen molar-refractivity contribution in [1.82, 2.24) is 20.2 Å². The van der Waals surface area contributed by atoms with E-state index in [1.165, 1.54) is 6.92 Å². The van der Waals surface area contributed by atoms with Crippen molar-refractivity contribution >= 4 is 23.3 Å². The van der Waals surface area contributed by atoms with E-state index >= 15 is 0 Å². The quantitative estimate of drug-likeness (QED) is 0.148. The minimum atomic E-state index is -1.19. The zero-order valence-corrected chi connectivity index (χ0v) is 29.5. The minimum absolute atomic E-state index is 0.0922. The van der Waals surface area contributed by atoms with Gasteiger partial charge >= 0.3 is 0 Å². The van der Waals surface area contributed by atoms with Gasteiger partial charge < -0.3 is 24.6 Å². The number of Topliss-reactive ketones (excluding diaryl/α,β-unsaturated/α-hetero) is 1. The maximum absolute atomic E-state index is 13.4. The number of aromatic nitrogens is 2. The number of anilines is 1. The molecule has 4 aromatic rings. The van der Waals surface area contributed by atoms with Gasteiger partial charge in [0.2, 0.25) is 0 Å². The number of hydrogen-bond donors (Lipinski definition) is 3. The van der Waals surface area contributed by atoms with Crippen LogP contribution in [0.5, 0.6) is 11.5 Å². The second kappa shape index (κ2) is 14.5. The van der Waals surface area contributed by atoms with Crippen molar-refractivity contribution in [3.8, 4) is 11.5 Å². The average molecular weight is 706 g/mol. The summed E-state index contributed by atoms with van der Waals surface area (Å²) in [7, 11) is 0. The van der Waals surface area contributed by atoms with Crippen molar-refractivity contribution in [2.45, 2.75) is 83.0 Å². The Morgan fingerprint density at radius 2 is 1.56 bits per heavy atom. The van der Waals surface area contributed by atoms with Gasteiger partial charge in [0.05, 0.1) is 28.9 Å². The molecular formula is C40H43N5O7. The maximum atomic E-state index is 13.4. The first-order chi connectivity index (χ1) is 25.0. The number of aliphatic hydroxyl groups excluding tert-OH is 2. The molecule has 12 nitrogen and oxygen atoms in total. The van der Waals surface area contributed by atoms with Crippen molar-refractivity contribution in [2.24, 2.45) is 0 Å². The molecule has 0 bridgehead atoms. The highest BCUT2D eigenvalue weighted by molar-refractivity contribution is 6.22. The summed E-state index contributed by atoms with van der Waals surface area (Å²) < 4.78 is 12.2. The van der Waals surface area contributed by atoms with E-state index in [-0.39, 0.29) is 29.7 Å². The number of carbonyl (C=O) groups is 3. The highest BCUT2D eigenvalue weighted by Crippen LogP contribution is 2.36. The second-order valence-corrected chi connectivity index (χ2v) is 14.2. The molecule has 3 aliphatic heterocycles. The van der Waals surface area contributed by atoms with Gasteiger partial charge in [-0.15, -0.1) is 0 Å². The van der Waals surface area contributed by atoms with Crippen LogP contribution in [0.4, 0.5) is 5.69 Å². The molecule has 52 heavy (non-hydrogen) atoms. The zero-order chi connectivity index (χ0) is 36.6. The molecule has 1 aromatic heterocycles. The Morgan fingerprint density at radius 1 is 0.885 bits per heavy atom. The molecule has 7 rings (SSSR count). The van der Waals surface area contributed by atoms with Gasteiger partial charge in [-0.1, -0.05) is 38.1 Å². The molecule has 0 saturated carbocycles. The van der Waals surface area contributed by atoms with Crippen molar-refractivity contribution in [3.63, 3.8) is 0 Å². The molecule has 3 unspecified atom stereocenters. The number of fused-ring (bicyclic) bond motifs is 1. The van der Waals surface area contributed by atoms with E-state index in [1.54, 1.807) is 24.4 Å². The Morgan fingerprint density at radius 3 is 2.23 bits per heavy atom. The molecule has 3 aromatic carbocycles. The van der Waals surface area contributed by atoms with Crippen LogP contribution in [0.3, 0.4) is 0 Å². The first-order valence-electron chi connectivity index (χ1n) is 17.7. The number of aliphatic hydroxyl groups is 2. The Bertz CT molecular complexity index is 1970. The summed E-state index contributed by atoms with van der Waals surface area (Å²) in [5.41, 5.74) is 4.13. The van der Waals surface area contributed by atoms with Crippen molar-refractivity contribution in [2.75, 3.05) is 18.1 Å². The molecule has 4 heterocycles. The fraction of sp³-hybridized carbons (Fsp3) is 0.375. The highest BCUT2D eigenvalue weighted by Gasteiger charge is 2.44. The Labute approximate surface area is 302 Å². The SMILES string of the molecule is CC(=O)c1nccc(COc2ccc(C(C)(C)c3ccc(OC[C@@H]4CCCN4c4ccc5c(c4)C(=O)N(C4CCC(O)NC4O)C5=O)cc3)cc2)n1. The van der Waals surface area contributed by atoms with Crippen LogP contribution in [0.1, 0.15) is 94.6 Å². The number of nitrogens with one attached hydrogen (secondary N) is 1. The molecule has 12 heteroatoms. The molecule has 2 saturated heterocycles. The number of piperidine rings is 1. The third-order valence-electron chi connectivity index (χ3n) is 10.4. The van der Waals surface area contributed by atoms with Gasteiger partial charge in [0, 0.05) is 30.8 Å². The molecule has 0 radical (unpaired) electrons. The predicted molar refractivity (Wildman–Crippen MR) is 192 cm³/mol. The molecular weight excluding hydrogens is 662 g/mol. The van der Waals surface area contributed by atoms with E-state index in [4.69, 9.17) is 9.47 Å². The molecule has 3 aliphatic rings. The molecule has 3 N–H and O–H groups in total. The lowest BCUT2D eigenvalue weighted by Gasteiger charge is -2.36. The van der Waals surface area contributed by atoms with E-state index in [9.17, 15) is 24.6 Å². The van der Waals surface area contributed by atoms with Crippen LogP contribution in [-0.2, 0) is 12.0 Å². The number of rotatable bonds is 11. The molecule has 0 spiro atoms. The first kappa shape index (κ1) is 35.2. The molecule has 0 aliphatic carbocycles. The van der Waals surface area contributed by atoms with Crippen molar-refractivity contribution in [1.29, 1.82) is 0 Å². The number of ketones is 1. The number of nitrogens with zero attached hydrogens (tertiary/aromatic N) is 4. The molecule has 270 valence electrons. The summed E-state index contributed by atoms with van der Waals surface area (Å²) in [5.74, 6) is 0.609. The monoisotopic (exact) mass is 705 g/mol. The first-order valence-corrected chi connectivity index (χ1v) is 17.7. The van der Waals surface area contributed by atoms with E-state index in [1.807, 2.05) is 30.3 Å². The minimum Gasteiger partial charge on any atom is -0.491 e. The lowest BCUT2D eigenvalue weighted by molar-refractivity contribution is -0.0413. The third kappa shape index (κ3) is 7.01. The number of carbonyl (C=O) groups excluding carboxylic acids is 3. The number of ether oxygens (including phenoxy) is 2. The summed E-state index contributed by atoms with van der Waals surface area (Å²) in [6, 6.07) is 22.6. The van der Waals surface area contributed by atoms with Gasteiger partial charge in [0.25, 0.3) is 11.8 Å². The average Bonchev–Trinajstić information content (AvgIpc) is 3.72. The normalized spacial score (nSPS) is 21.7. The molecule has 4 atom stereocenters. The summed E-state index contributed by atoms with van der Waals surface area (Å²) in [4.78, 5) is 49.8. The fourth-order valence-electron chi connectivity index (χ4n) is 7.32. The van der Waals surface area contributed by atoms with Gasteiger partial charge in [-0.3, -0.25) is 24.6 Å². The number of amides is 2. The Hall–Kier alpha value is -5.17. The van der Waals surface area contributed by atoms with E-state index < -0.39 is 30.3 Å². The van der Waals surface area contributed by atoms with E-state index in [0.29, 0.717) is 42.0 Å². The van der Waals surface area contributed by atoms with Gasteiger partial charge in [0.1, 0.15) is 37.2 Å². The Kier molecular flexibility index (Phi) is 9.80. The fourth-order valence-corrected chi connectivity index (χ4v) is 7.32. The van der Waals surface area contributed by atoms with Crippen LogP contribution in [-0.4, -0.2) is 80.4 Å². The van der Waals surface area contributed by atoms with Crippen LogP contribution >= 0.6 is 0 Å². The largest absolute Gasteiger partial charge is 0.491 e. The third-order valence-corrected chi connectivity index (χ3v) is 10.4. The van der Waals surface area contributed by atoms with Crippen molar-refractivity contribution < 1.29 is 34.1 Å². The number of hydrogen-bond acceptors (Lipinski definition) is 11. The zero-order valence-electron chi connectivity index (χ0n) is 29.5. The topological polar surface area (TPSA) is 154 Å². The van der Waals surface area contributed by atoms with Gasteiger partial charge in [0.15, 0.2) is 11.6 Å².